The van der Waals surface area contributed by atoms with E-state index in [9.17, 15) is 9.90 Å². The Hall–Kier alpha value is -1.60. The normalized spacial score (nSPS) is 12.4. The van der Waals surface area contributed by atoms with Gasteiger partial charge in [0.05, 0.1) is 12.7 Å². The van der Waals surface area contributed by atoms with Crippen molar-refractivity contribution in [3.05, 3.63) is 12.3 Å². The molecular weight excluding hydrogens is 212 g/mol. The molecule has 90 valence electrons. The lowest BCUT2D eigenvalue weighted by atomic mass is 10.4. The second kappa shape index (κ2) is 6.09. The first kappa shape index (κ1) is 12.5. The van der Waals surface area contributed by atoms with E-state index < -0.39 is 6.10 Å². The summed E-state index contributed by atoms with van der Waals surface area (Å²) in [5.74, 6) is 0.130. The van der Waals surface area contributed by atoms with E-state index in [1.807, 2.05) is 0 Å². The maximum atomic E-state index is 11.4. The molecule has 1 rings (SSSR count). The number of carbonyl (C=O) groups excluding carboxylic acids is 1. The largest absolute Gasteiger partial charge is 0.389 e. The van der Waals surface area contributed by atoms with E-state index in [1.165, 1.54) is 11.8 Å². The monoisotopic (exact) mass is 228 g/mol. The SMILES string of the molecule is COCC(O)CNC(=O)Cn1ccc(N)n1. The first-order valence-corrected chi connectivity index (χ1v) is 4.84. The van der Waals surface area contributed by atoms with Crippen molar-refractivity contribution in [3.63, 3.8) is 0 Å². The summed E-state index contributed by atoms with van der Waals surface area (Å²) in [6, 6.07) is 1.60. The number of nitrogens with zero attached hydrogens (tertiary/aromatic N) is 2. The summed E-state index contributed by atoms with van der Waals surface area (Å²) in [6.07, 6.45) is 0.914. The molecule has 0 spiro atoms. The Bertz CT molecular complexity index is 339. The van der Waals surface area contributed by atoms with E-state index in [0.717, 1.165) is 0 Å². The molecule has 0 fully saturated rings. The van der Waals surface area contributed by atoms with Gasteiger partial charge in [0.2, 0.25) is 5.91 Å². The minimum Gasteiger partial charge on any atom is -0.389 e. The van der Waals surface area contributed by atoms with Crippen LogP contribution in [0.15, 0.2) is 12.3 Å². The predicted octanol–water partition coefficient (Wildman–Crippen LogP) is -1.41. The van der Waals surface area contributed by atoms with Crippen molar-refractivity contribution in [1.29, 1.82) is 0 Å². The highest BCUT2D eigenvalue weighted by Gasteiger charge is 2.07. The number of ether oxygens (including phenoxy) is 1. The molecule has 4 N–H and O–H groups in total. The molecule has 16 heavy (non-hydrogen) atoms. The van der Waals surface area contributed by atoms with Gasteiger partial charge in [0.1, 0.15) is 12.4 Å². The maximum absolute atomic E-state index is 11.4. The first-order chi connectivity index (χ1) is 7.61. The zero-order valence-corrected chi connectivity index (χ0v) is 9.09. The lowest BCUT2D eigenvalue weighted by molar-refractivity contribution is -0.122. The van der Waals surface area contributed by atoms with Crippen LogP contribution in [0.2, 0.25) is 0 Å². The van der Waals surface area contributed by atoms with Gasteiger partial charge >= 0.3 is 0 Å². The van der Waals surface area contributed by atoms with Crippen LogP contribution in [0.4, 0.5) is 5.82 Å². The Morgan fingerprint density at radius 3 is 3.12 bits per heavy atom. The van der Waals surface area contributed by atoms with E-state index in [2.05, 4.69) is 10.4 Å². The van der Waals surface area contributed by atoms with E-state index in [-0.39, 0.29) is 25.6 Å². The minimum atomic E-state index is -0.698. The predicted molar refractivity (Wildman–Crippen MR) is 57.5 cm³/mol. The van der Waals surface area contributed by atoms with Crippen molar-refractivity contribution >= 4 is 11.7 Å². The van der Waals surface area contributed by atoms with Crippen molar-refractivity contribution in [2.45, 2.75) is 12.6 Å². The molecule has 1 aromatic heterocycles. The van der Waals surface area contributed by atoms with Crippen LogP contribution < -0.4 is 11.1 Å². The molecule has 7 nitrogen and oxygen atoms in total. The number of nitrogen functional groups attached to an aromatic ring is 1. The molecule has 1 aromatic rings. The number of nitrogens with two attached hydrogens (primary N) is 1. The van der Waals surface area contributed by atoms with Crippen molar-refractivity contribution in [3.8, 4) is 0 Å². The number of amides is 1. The Labute approximate surface area is 93.2 Å². The van der Waals surface area contributed by atoms with Crippen LogP contribution in [0.3, 0.4) is 0 Å². The number of nitrogens with one attached hydrogen (secondary N) is 1. The first-order valence-electron chi connectivity index (χ1n) is 4.84. The molecule has 0 saturated heterocycles. The van der Waals surface area contributed by atoms with Gasteiger partial charge in [-0.25, -0.2) is 0 Å². The van der Waals surface area contributed by atoms with Gasteiger partial charge in [-0.3, -0.25) is 9.48 Å². The Morgan fingerprint density at radius 2 is 2.56 bits per heavy atom. The number of methoxy groups -OCH3 is 1. The summed E-state index contributed by atoms with van der Waals surface area (Å²) in [5.41, 5.74) is 5.40. The van der Waals surface area contributed by atoms with E-state index >= 15 is 0 Å². The van der Waals surface area contributed by atoms with Gasteiger partial charge in [-0.1, -0.05) is 0 Å². The molecule has 1 unspecified atom stereocenters. The standard InChI is InChI=1S/C9H16N4O3/c1-16-6-7(14)4-11-9(15)5-13-3-2-8(10)12-13/h2-3,7,14H,4-6H2,1H3,(H2,10,12)(H,11,15). The molecule has 0 aliphatic rings. The molecule has 0 radical (unpaired) electrons. The van der Waals surface area contributed by atoms with Crippen LogP contribution in [-0.4, -0.2) is 47.2 Å². The highest BCUT2D eigenvalue weighted by atomic mass is 16.5. The summed E-state index contributed by atoms with van der Waals surface area (Å²) in [5, 5.41) is 15.7. The van der Waals surface area contributed by atoms with Crippen LogP contribution >= 0.6 is 0 Å². The molecular formula is C9H16N4O3. The van der Waals surface area contributed by atoms with Gasteiger partial charge in [0.15, 0.2) is 0 Å². The average Bonchev–Trinajstić information content (AvgIpc) is 2.61. The third kappa shape index (κ3) is 4.28. The summed E-state index contributed by atoms with van der Waals surface area (Å²) in [7, 11) is 1.48. The number of hydrogen-bond acceptors (Lipinski definition) is 5. The Kier molecular flexibility index (Phi) is 4.74. The molecule has 1 amide bonds. The quantitative estimate of drug-likeness (QED) is 0.555. The van der Waals surface area contributed by atoms with E-state index in [0.29, 0.717) is 5.82 Å². The summed E-state index contributed by atoms with van der Waals surface area (Å²) < 4.78 is 6.15. The lowest BCUT2D eigenvalue weighted by Crippen LogP contribution is -2.36. The highest BCUT2D eigenvalue weighted by molar-refractivity contribution is 5.75. The molecule has 1 heterocycles. The maximum Gasteiger partial charge on any atom is 0.241 e. The van der Waals surface area contributed by atoms with Gasteiger partial charge in [-0.05, 0) is 6.07 Å². The van der Waals surface area contributed by atoms with Crippen LogP contribution in [-0.2, 0) is 16.1 Å². The summed E-state index contributed by atoms with van der Waals surface area (Å²) in [6.45, 7) is 0.426. The van der Waals surface area contributed by atoms with Gasteiger partial charge in [-0.2, -0.15) is 5.10 Å². The van der Waals surface area contributed by atoms with Gasteiger partial charge < -0.3 is 20.9 Å². The van der Waals surface area contributed by atoms with E-state index in [4.69, 9.17) is 10.5 Å². The third-order valence-corrected chi connectivity index (χ3v) is 1.86. The molecule has 0 bridgehead atoms. The zero-order chi connectivity index (χ0) is 12.0. The fourth-order valence-corrected chi connectivity index (χ4v) is 1.15. The topological polar surface area (TPSA) is 102 Å². The molecule has 0 saturated carbocycles. The van der Waals surface area contributed by atoms with Crippen LogP contribution in [0, 0.1) is 0 Å². The van der Waals surface area contributed by atoms with Crippen LogP contribution in [0.5, 0.6) is 0 Å². The molecule has 7 heteroatoms. The number of aliphatic hydroxyl groups is 1. The van der Waals surface area contributed by atoms with Gasteiger partial charge in [-0.15, -0.1) is 0 Å². The minimum absolute atomic E-state index is 0.0803. The number of anilines is 1. The number of rotatable bonds is 6. The molecule has 0 aliphatic carbocycles. The van der Waals surface area contributed by atoms with E-state index in [1.54, 1.807) is 12.3 Å². The van der Waals surface area contributed by atoms with Crippen molar-refractivity contribution in [2.24, 2.45) is 0 Å². The summed E-state index contributed by atoms with van der Waals surface area (Å²) >= 11 is 0. The van der Waals surface area contributed by atoms with Crippen LogP contribution in [0.25, 0.3) is 0 Å². The third-order valence-electron chi connectivity index (χ3n) is 1.86. The highest BCUT2D eigenvalue weighted by Crippen LogP contribution is 1.94. The van der Waals surface area contributed by atoms with Crippen molar-refractivity contribution in [2.75, 3.05) is 26.0 Å². The van der Waals surface area contributed by atoms with Gasteiger partial charge in [0, 0.05) is 19.9 Å². The van der Waals surface area contributed by atoms with Gasteiger partial charge in [0.25, 0.3) is 0 Å². The number of carbonyl (C=O) groups is 1. The fraction of sp³-hybridized carbons (Fsp3) is 0.556. The molecule has 0 aliphatic heterocycles. The number of aromatic nitrogens is 2. The van der Waals surface area contributed by atoms with Crippen molar-refractivity contribution < 1.29 is 14.6 Å². The second-order valence-electron chi connectivity index (χ2n) is 3.35. The molecule has 0 aromatic carbocycles. The number of aliphatic hydroxyl groups excluding tert-OH is 1. The Morgan fingerprint density at radius 1 is 1.81 bits per heavy atom. The van der Waals surface area contributed by atoms with Crippen LogP contribution in [0.1, 0.15) is 0 Å². The Balaban J connectivity index is 2.26. The summed E-state index contributed by atoms with van der Waals surface area (Å²) in [4.78, 5) is 11.4. The second-order valence-corrected chi connectivity index (χ2v) is 3.35. The molecule has 1 atom stereocenters. The number of hydrogen-bond donors (Lipinski definition) is 3. The zero-order valence-electron chi connectivity index (χ0n) is 9.09. The van der Waals surface area contributed by atoms with Crippen molar-refractivity contribution in [1.82, 2.24) is 15.1 Å². The fourth-order valence-electron chi connectivity index (χ4n) is 1.15. The average molecular weight is 228 g/mol. The lowest BCUT2D eigenvalue weighted by Gasteiger charge is -2.10. The smallest absolute Gasteiger partial charge is 0.241 e.